The van der Waals surface area contributed by atoms with Gasteiger partial charge in [-0.25, -0.2) is 0 Å². The van der Waals surface area contributed by atoms with Gasteiger partial charge in [-0.1, -0.05) is 117 Å². The Morgan fingerprint density at radius 1 is 0.810 bits per heavy atom. The van der Waals surface area contributed by atoms with Gasteiger partial charge in [0.2, 0.25) is 0 Å². The lowest BCUT2D eigenvalue weighted by atomic mass is 9.56. The van der Waals surface area contributed by atoms with Crippen molar-refractivity contribution in [2.45, 2.75) is 77.4 Å². The summed E-state index contributed by atoms with van der Waals surface area (Å²) >= 11 is 0. The molecule has 2 heterocycles. The Morgan fingerprint density at radius 2 is 1.52 bits per heavy atom. The molecule has 0 fully saturated rings. The lowest BCUT2D eigenvalue weighted by molar-refractivity contribution is 0.0935. The van der Waals surface area contributed by atoms with Gasteiger partial charge in [0.1, 0.15) is 6.10 Å². The van der Waals surface area contributed by atoms with Crippen molar-refractivity contribution >= 4 is 28.4 Å². The van der Waals surface area contributed by atoms with Crippen molar-refractivity contribution in [3.63, 3.8) is 0 Å². The normalized spacial score (nSPS) is 28.0. The molecule has 6 atom stereocenters. The van der Waals surface area contributed by atoms with Crippen LogP contribution in [0, 0.1) is 17.3 Å². The molecule has 4 aromatic rings. The van der Waals surface area contributed by atoms with Crippen molar-refractivity contribution in [3.8, 4) is 0 Å². The van der Waals surface area contributed by atoms with E-state index in [1.54, 1.807) is 0 Å². The average Bonchev–Trinajstić information content (AvgIpc) is 3.70. The molecule has 0 saturated heterocycles. The van der Waals surface area contributed by atoms with E-state index in [2.05, 4.69) is 208 Å². The predicted molar refractivity (Wildman–Crippen MR) is 242 cm³/mol. The number of fused-ring (bicyclic) bond motifs is 8. The molecule has 5 unspecified atom stereocenters. The highest BCUT2D eigenvalue weighted by molar-refractivity contribution is 5.83. The lowest BCUT2D eigenvalue weighted by Crippen LogP contribution is -2.55. The van der Waals surface area contributed by atoms with Gasteiger partial charge in [-0.2, -0.15) is 0 Å². The molecule has 4 aromatic carbocycles. The van der Waals surface area contributed by atoms with E-state index in [4.69, 9.17) is 4.74 Å². The lowest BCUT2D eigenvalue weighted by Gasteiger charge is -2.49. The van der Waals surface area contributed by atoms with Crippen LogP contribution in [0.4, 0.5) is 28.4 Å². The highest BCUT2D eigenvalue weighted by Crippen LogP contribution is 2.63. The summed E-state index contributed by atoms with van der Waals surface area (Å²) in [6.45, 7) is 9.52. The Hall–Kier alpha value is -5.80. The standard InChI is InChI=1S/C55H54N2O/c1-5-6-10-19-39-37-58-52-45(39)36-50(47-35-40-20-11-9-18-33-54(40,3)48-32-27-38(2)34-46(47)48)55(4)49-25-16-17-26-51(49)57(53(52)55)44-30-28-43(29-31-44)56(41-21-12-7-13-22-41)42-23-14-8-15-24-42/h5-9,11-17,20-26,28-32,34-38,45,52-53H,10,18-19,27,33H2,1-4H3/b6-5-/t38?,45?,52?,53-,54?,55?/m0/s1. The van der Waals surface area contributed by atoms with Crippen molar-refractivity contribution in [3.05, 3.63) is 209 Å². The molecule has 290 valence electrons. The highest BCUT2D eigenvalue weighted by atomic mass is 16.5. The summed E-state index contributed by atoms with van der Waals surface area (Å²) in [5.74, 6) is 0.663. The second kappa shape index (κ2) is 14.5. The van der Waals surface area contributed by atoms with Gasteiger partial charge in [0.25, 0.3) is 0 Å². The van der Waals surface area contributed by atoms with Gasteiger partial charge in [-0.3, -0.25) is 0 Å². The first-order valence-electron chi connectivity index (χ1n) is 21.5. The second-order valence-electron chi connectivity index (χ2n) is 17.5. The van der Waals surface area contributed by atoms with Crippen LogP contribution in [0.1, 0.15) is 65.4 Å². The summed E-state index contributed by atoms with van der Waals surface area (Å²) in [5.41, 5.74) is 15.5. The fourth-order valence-electron chi connectivity index (χ4n) is 11.0. The predicted octanol–water partition coefficient (Wildman–Crippen LogP) is 14.2. The van der Waals surface area contributed by atoms with Crippen molar-refractivity contribution < 1.29 is 4.74 Å². The zero-order valence-electron chi connectivity index (χ0n) is 34.3. The number of ether oxygens (including phenoxy) is 1. The van der Waals surface area contributed by atoms with Gasteiger partial charge >= 0.3 is 0 Å². The van der Waals surface area contributed by atoms with Crippen LogP contribution in [-0.4, -0.2) is 12.1 Å². The van der Waals surface area contributed by atoms with Gasteiger partial charge in [0.05, 0.1) is 12.3 Å². The Bertz CT molecular complexity index is 2440. The first-order valence-corrected chi connectivity index (χ1v) is 21.5. The molecule has 3 nitrogen and oxygen atoms in total. The summed E-state index contributed by atoms with van der Waals surface area (Å²) in [5, 5.41) is 0. The smallest absolute Gasteiger partial charge is 0.130 e. The zero-order valence-corrected chi connectivity index (χ0v) is 34.3. The van der Waals surface area contributed by atoms with Crippen LogP contribution in [0.15, 0.2) is 204 Å². The molecule has 0 saturated carbocycles. The molecule has 4 aliphatic carbocycles. The molecule has 58 heavy (non-hydrogen) atoms. The molecule has 2 aliphatic heterocycles. The number of benzene rings is 4. The maximum absolute atomic E-state index is 6.97. The zero-order chi connectivity index (χ0) is 39.4. The van der Waals surface area contributed by atoms with Crippen LogP contribution in [-0.2, 0) is 10.2 Å². The van der Waals surface area contributed by atoms with Crippen molar-refractivity contribution in [2.75, 3.05) is 9.80 Å². The number of nitrogens with zero attached hydrogens (tertiary/aromatic N) is 2. The number of hydrogen-bond donors (Lipinski definition) is 0. The van der Waals surface area contributed by atoms with Gasteiger partial charge in [0.15, 0.2) is 0 Å². The van der Waals surface area contributed by atoms with E-state index >= 15 is 0 Å². The molecule has 10 rings (SSSR count). The molecular formula is C55H54N2O. The average molecular weight is 759 g/mol. The Morgan fingerprint density at radius 3 is 2.26 bits per heavy atom. The largest absolute Gasteiger partial charge is 0.495 e. The molecular weight excluding hydrogens is 705 g/mol. The summed E-state index contributed by atoms with van der Waals surface area (Å²) in [7, 11) is 0. The Kier molecular flexibility index (Phi) is 9.16. The second-order valence-corrected chi connectivity index (χ2v) is 17.5. The van der Waals surface area contributed by atoms with Crippen LogP contribution in [0.3, 0.4) is 0 Å². The number of hydrogen-bond acceptors (Lipinski definition) is 3. The number of para-hydroxylation sites is 3. The van der Waals surface area contributed by atoms with Crippen molar-refractivity contribution in [1.29, 1.82) is 0 Å². The third kappa shape index (κ3) is 5.76. The number of anilines is 5. The summed E-state index contributed by atoms with van der Waals surface area (Å²) in [6, 6.07) is 39.8. The van der Waals surface area contributed by atoms with Gasteiger partial charge in [-0.15, -0.1) is 0 Å². The SMILES string of the molecule is C/C=C\CCC1=COC2C1C=C(C1=CC3=CC=CCCC3(C)C3=CCC(C)C=C13)C1(C)c3ccccc3N(c3ccc(N(c4ccccc4)c4ccccc4)cc3)[C@@H]21. The van der Waals surface area contributed by atoms with E-state index < -0.39 is 0 Å². The summed E-state index contributed by atoms with van der Waals surface area (Å²) in [6.07, 6.45) is 29.4. The van der Waals surface area contributed by atoms with E-state index in [0.29, 0.717) is 5.92 Å². The Labute approximate surface area is 345 Å². The van der Waals surface area contributed by atoms with Crippen LogP contribution in [0.5, 0.6) is 0 Å². The summed E-state index contributed by atoms with van der Waals surface area (Å²) < 4.78 is 6.97. The maximum atomic E-state index is 6.97. The van der Waals surface area contributed by atoms with E-state index in [0.717, 1.165) is 49.2 Å². The third-order valence-corrected chi connectivity index (χ3v) is 14.0. The minimum atomic E-state index is -0.351. The van der Waals surface area contributed by atoms with Gasteiger partial charge < -0.3 is 14.5 Å². The molecule has 0 bridgehead atoms. The van der Waals surface area contributed by atoms with Crippen LogP contribution in [0.2, 0.25) is 0 Å². The molecule has 6 aliphatic rings. The fraction of sp³-hybridized carbons (Fsp3) is 0.273. The van der Waals surface area contributed by atoms with Crippen molar-refractivity contribution in [2.24, 2.45) is 17.3 Å². The van der Waals surface area contributed by atoms with Crippen LogP contribution < -0.4 is 9.80 Å². The minimum absolute atomic E-state index is 0.000190. The molecule has 0 radical (unpaired) electrons. The first kappa shape index (κ1) is 36.5. The summed E-state index contributed by atoms with van der Waals surface area (Å²) in [4.78, 5) is 4.98. The fourth-order valence-corrected chi connectivity index (χ4v) is 11.0. The number of allylic oxidation sites excluding steroid dienone is 12. The first-order chi connectivity index (χ1) is 28.4. The van der Waals surface area contributed by atoms with E-state index in [-0.39, 0.29) is 28.9 Å². The molecule has 0 aromatic heterocycles. The maximum Gasteiger partial charge on any atom is 0.130 e. The van der Waals surface area contributed by atoms with E-state index in [1.807, 2.05) is 0 Å². The quantitative estimate of drug-likeness (QED) is 0.166. The van der Waals surface area contributed by atoms with E-state index in [9.17, 15) is 0 Å². The molecule has 0 spiro atoms. The highest BCUT2D eigenvalue weighted by Gasteiger charge is 2.61. The molecule has 0 N–H and O–H groups in total. The topological polar surface area (TPSA) is 15.7 Å². The van der Waals surface area contributed by atoms with Gasteiger partial charge in [-0.05, 0) is 152 Å². The van der Waals surface area contributed by atoms with Gasteiger partial charge in [0, 0.05) is 45.2 Å². The van der Waals surface area contributed by atoms with Crippen LogP contribution >= 0.6 is 0 Å². The number of rotatable bonds is 8. The van der Waals surface area contributed by atoms with Crippen LogP contribution in [0.25, 0.3) is 0 Å². The van der Waals surface area contributed by atoms with Crippen molar-refractivity contribution in [1.82, 2.24) is 0 Å². The minimum Gasteiger partial charge on any atom is -0.495 e. The third-order valence-electron chi connectivity index (χ3n) is 14.0. The van der Waals surface area contributed by atoms with E-state index in [1.165, 1.54) is 50.4 Å². The Balaban J connectivity index is 1.14. The molecule has 0 amide bonds. The molecule has 3 heteroatoms. The monoisotopic (exact) mass is 758 g/mol.